The van der Waals surface area contributed by atoms with Gasteiger partial charge in [0.05, 0.1) is 7.11 Å². The summed E-state index contributed by atoms with van der Waals surface area (Å²) in [5.41, 5.74) is 5.65. The van der Waals surface area contributed by atoms with Crippen LogP contribution in [-0.4, -0.2) is 32.1 Å². The number of fused-ring (bicyclic) bond motifs is 2. The van der Waals surface area contributed by atoms with Crippen molar-refractivity contribution >= 4 is 0 Å². The molecule has 1 heterocycles. The lowest BCUT2D eigenvalue weighted by atomic mass is 9.92. The molecule has 0 saturated heterocycles. The zero-order chi connectivity index (χ0) is 14.7. The van der Waals surface area contributed by atoms with Crippen molar-refractivity contribution in [3.63, 3.8) is 0 Å². The third-order valence-electron chi connectivity index (χ3n) is 4.46. The highest BCUT2D eigenvalue weighted by molar-refractivity contribution is 5.45. The molecule has 0 aliphatic carbocycles. The van der Waals surface area contributed by atoms with Crippen LogP contribution in [0.3, 0.4) is 0 Å². The zero-order valence-corrected chi connectivity index (χ0v) is 12.9. The molecule has 2 heteroatoms. The zero-order valence-electron chi connectivity index (χ0n) is 12.9. The first kappa shape index (κ1) is 14.2. The lowest BCUT2D eigenvalue weighted by molar-refractivity contribution is 0.341. The number of rotatable bonds is 1. The summed E-state index contributed by atoms with van der Waals surface area (Å²) in [4.78, 5) is 2.42. The lowest BCUT2D eigenvalue weighted by Crippen LogP contribution is -2.25. The van der Waals surface area contributed by atoms with E-state index in [2.05, 4.69) is 54.4 Å². The minimum Gasteiger partial charge on any atom is -0.496 e. The summed E-state index contributed by atoms with van der Waals surface area (Å²) in [5.74, 6) is 1.02. The molecule has 0 N–H and O–H groups in total. The Kier molecular flexibility index (Phi) is 4.26. The Labute approximate surface area is 127 Å². The minimum absolute atomic E-state index is 0.971. The molecule has 0 radical (unpaired) electrons. The van der Waals surface area contributed by atoms with Crippen LogP contribution in [0.5, 0.6) is 5.75 Å². The average molecular weight is 281 g/mol. The monoisotopic (exact) mass is 281 g/mol. The molecule has 0 saturated carbocycles. The second kappa shape index (κ2) is 6.31. The average Bonchev–Trinajstić information content (AvgIpc) is 2.52. The fraction of sp³-hybridized carbons (Fsp3) is 0.368. The second-order valence-electron chi connectivity index (χ2n) is 5.85. The number of nitrogens with zero attached hydrogens (tertiary/aromatic N) is 1. The summed E-state index contributed by atoms with van der Waals surface area (Å²) in [6, 6.07) is 15.2. The number of hydrogen-bond donors (Lipinski definition) is 0. The summed E-state index contributed by atoms with van der Waals surface area (Å²) in [7, 11) is 3.98. The molecule has 2 aromatic carbocycles. The first-order valence-electron chi connectivity index (χ1n) is 7.68. The van der Waals surface area contributed by atoms with Crippen molar-refractivity contribution in [2.24, 2.45) is 0 Å². The summed E-state index contributed by atoms with van der Waals surface area (Å²) >= 11 is 0. The first-order valence-corrected chi connectivity index (χ1v) is 7.68. The van der Waals surface area contributed by atoms with E-state index in [1.807, 2.05) is 0 Å². The van der Waals surface area contributed by atoms with Gasteiger partial charge in [-0.15, -0.1) is 0 Å². The Morgan fingerprint density at radius 1 is 0.857 bits per heavy atom. The van der Waals surface area contributed by atoms with Gasteiger partial charge in [-0.3, -0.25) is 0 Å². The van der Waals surface area contributed by atoms with Crippen LogP contribution in [0.25, 0.3) is 0 Å². The van der Waals surface area contributed by atoms with Gasteiger partial charge in [-0.05, 0) is 42.6 Å². The molecular formula is C19H23NO. The molecule has 0 bridgehead atoms. The van der Waals surface area contributed by atoms with Crippen molar-refractivity contribution in [1.29, 1.82) is 0 Å². The van der Waals surface area contributed by atoms with Gasteiger partial charge in [0.1, 0.15) is 5.75 Å². The van der Waals surface area contributed by atoms with Crippen molar-refractivity contribution in [2.75, 3.05) is 27.2 Å². The summed E-state index contributed by atoms with van der Waals surface area (Å²) in [6.45, 7) is 2.22. The lowest BCUT2D eigenvalue weighted by Gasteiger charge is -2.22. The SMILES string of the molecule is COc1cccc2c1Cc1ccccc1CCN(C)CC2. The number of benzene rings is 2. The summed E-state index contributed by atoms with van der Waals surface area (Å²) < 4.78 is 5.61. The van der Waals surface area contributed by atoms with Gasteiger partial charge in [-0.25, -0.2) is 0 Å². The smallest absolute Gasteiger partial charge is 0.122 e. The Morgan fingerprint density at radius 2 is 1.52 bits per heavy atom. The molecular weight excluding hydrogens is 258 g/mol. The Bertz CT molecular complexity index is 621. The van der Waals surface area contributed by atoms with Crippen LogP contribution in [0.1, 0.15) is 22.3 Å². The van der Waals surface area contributed by atoms with Gasteiger partial charge < -0.3 is 9.64 Å². The molecule has 1 aliphatic heterocycles. The van der Waals surface area contributed by atoms with E-state index in [1.54, 1.807) is 7.11 Å². The maximum Gasteiger partial charge on any atom is 0.122 e. The van der Waals surface area contributed by atoms with Crippen LogP contribution >= 0.6 is 0 Å². The predicted octanol–water partition coefficient (Wildman–Crippen LogP) is 3.32. The van der Waals surface area contributed by atoms with E-state index in [9.17, 15) is 0 Å². The molecule has 0 unspecified atom stereocenters. The molecule has 0 spiro atoms. The fourth-order valence-electron chi connectivity index (χ4n) is 3.14. The number of hydrogen-bond acceptors (Lipinski definition) is 2. The second-order valence-corrected chi connectivity index (χ2v) is 5.85. The molecule has 0 atom stereocenters. The normalized spacial score (nSPS) is 15.9. The summed E-state index contributed by atoms with van der Waals surface area (Å²) in [6.07, 6.45) is 3.18. The maximum absolute atomic E-state index is 5.61. The van der Waals surface area contributed by atoms with Gasteiger partial charge >= 0.3 is 0 Å². The largest absolute Gasteiger partial charge is 0.496 e. The number of likely N-dealkylation sites (N-methyl/N-ethyl adjacent to an activating group) is 1. The van der Waals surface area contributed by atoms with E-state index >= 15 is 0 Å². The van der Waals surface area contributed by atoms with E-state index in [1.165, 1.54) is 22.3 Å². The van der Waals surface area contributed by atoms with Gasteiger partial charge in [0.2, 0.25) is 0 Å². The molecule has 2 nitrogen and oxygen atoms in total. The van der Waals surface area contributed by atoms with Crippen molar-refractivity contribution in [3.8, 4) is 5.75 Å². The Balaban J connectivity index is 2.07. The highest BCUT2D eigenvalue weighted by atomic mass is 16.5. The minimum atomic E-state index is 0.971. The highest BCUT2D eigenvalue weighted by Crippen LogP contribution is 2.28. The van der Waals surface area contributed by atoms with Crippen molar-refractivity contribution < 1.29 is 4.74 Å². The Morgan fingerprint density at radius 3 is 2.29 bits per heavy atom. The molecule has 0 amide bonds. The molecule has 110 valence electrons. The standard InChI is InChI=1S/C19H23NO/c1-20-12-10-15-6-3-4-7-17(15)14-18-16(11-13-20)8-5-9-19(18)21-2/h3-9H,10-14H2,1-2H3. The number of methoxy groups -OCH3 is 1. The van der Waals surface area contributed by atoms with E-state index in [0.29, 0.717) is 0 Å². The van der Waals surface area contributed by atoms with Crippen LogP contribution in [0.4, 0.5) is 0 Å². The predicted molar refractivity (Wildman–Crippen MR) is 87.1 cm³/mol. The quantitative estimate of drug-likeness (QED) is 0.795. The molecule has 3 rings (SSSR count). The van der Waals surface area contributed by atoms with Crippen LogP contribution in [0.2, 0.25) is 0 Å². The fourth-order valence-corrected chi connectivity index (χ4v) is 3.14. The van der Waals surface area contributed by atoms with Gasteiger partial charge in [-0.1, -0.05) is 36.4 Å². The molecule has 0 fully saturated rings. The van der Waals surface area contributed by atoms with Crippen LogP contribution in [-0.2, 0) is 19.3 Å². The van der Waals surface area contributed by atoms with Crippen molar-refractivity contribution in [3.05, 3.63) is 64.7 Å². The van der Waals surface area contributed by atoms with Crippen LogP contribution < -0.4 is 4.74 Å². The molecule has 0 aromatic heterocycles. The van der Waals surface area contributed by atoms with E-state index < -0.39 is 0 Å². The third-order valence-corrected chi connectivity index (χ3v) is 4.46. The molecule has 1 aliphatic rings. The topological polar surface area (TPSA) is 12.5 Å². The highest BCUT2D eigenvalue weighted by Gasteiger charge is 2.14. The molecule has 21 heavy (non-hydrogen) atoms. The maximum atomic E-state index is 5.61. The van der Waals surface area contributed by atoms with Crippen LogP contribution in [0.15, 0.2) is 42.5 Å². The summed E-state index contributed by atoms with van der Waals surface area (Å²) in [5, 5.41) is 0. The van der Waals surface area contributed by atoms with E-state index in [-0.39, 0.29) is 0 Å². The van der Waals surface area contributed by atoms with Crippen molar-refractivity contribution in [2.45, 2.75) is 19.3 Å². The van der Waals surface area contributed by atoms with E-state index in [0.717, 1.165) is 38.1 Å². The number of ether oxygens (including phenoxy) is 1. The van der Waals surface area contributed by atoms with E-state index in [4.69, 9.17) is 4.74 Å². The van der Waals surface area contributed by atoms with Gasteiger partial charge in [0.15, 0.2) is 0 Å². The van der Waals surface area contributed by atoms with Crippen LogP contribution in [0, 0.1) is 0 Å². The van der Waals surface area contributed by atoms with Crippen molar-refractivity contribution in [1.82, 2.24) is 4.90 Å². The van der Waals surface area contributed by atoms with Gasteiger partial charge in [-0.2, -0.15) is 0 Å². The first-order chi connectivity index (χ1) is 10.3. The Hall–Kier alpha value is -1.80. The molecule has 2 aromatic rings. The van der Waals surface area contributed by atoms with Gasteiger partial charge in [0.25, 0.3) is 0 Å². The van der Waals surface area contributed by atoms with Gasteiger partial charge in [0, 0.05) is 25.1 Å². The third kappa shape index (κ3) is 3.11.